The highest BCUT2D eigenvalue weighted by Gasteiger charge is 2.31. The highest BCUT2D eigenvalue weighted by molar-refractivity contribution is 6.03. The van der Waals surface area contributed by atoms with E-state index in [-0.39, 0.29) is 17.0 Å². The fourth-order valence-electron chi connectivity index (χ4n) is 2.94. The Morgan fingerprint density at radius 2 is 1.96 bits per heavy atom. The van der Waals surface area contributed by atoms with Crippen molar-refractivity contribution >= 4 is 17.6 Å². The number of likely N-dealkylation sites (N-methyl/N-ethyl adjacent to an activating group) is 1. The molecular weight excluding hydrogens is 366 g/mol. The molecule has 1 aliphatic heterocycles. The Hall–Kier alpha value is -3.20. The number of aliphatic carboxylic acids is 1. The fourth-order valence-corrected chi connectivity index (χ4v) is 2.94. The number of carboxylic acid groups (broad SMARTS) is 1. The molecule has 0 saturated carbocycles. The summed E-state index contributed by atoms with van der Waals surface area (Å²) in [5.74, 6) is -2.34. The van der Waals surface area contributed by atoms with E-state index < -0.39 is 22.7 Å². The zero-order valence-electron chi connectivity index (χ0n) is 15.8. The Balaban J connectivity index is 2.28. The van der Waals surface area contributed by atoms with Crippen molar-refractivity contribution in [3.8, 4) is 0 Å². The Morgan fingerprint density at radius 3 is 2.54 bits per heavy atom. The van der Waals surface area contributed by atoms with Gasteiger partial charge < -0.3 is 20.1 Å². The van der Waals surface area contributed by atoms with Gasteiger partial charge in [-0.25, -0.2) is 4.79 Å². The van der Waals surface area contributed by atoms with Crippen molar-refractivity contribution in [2.75, 3.05) is 27.3 Å². The number of benzene rings is 1. The molecule has 1 aromatic rings. The number of hydrogen-bond acceptors (Lipinski definition) is 6. The van der Waals surface area contributed by atoms with Crippen LogP contribution in [0.3, 0.4) is 0 Å². The second-order valence-electron chi connectivity index (χ2n) is 6.35. The molecule has 1 atom stereocenters. The number of nitro groups is 1. The molecule has 0 fully saturated rings. The maximum Gasteiger partial charge on any atom is 0.334 e. The number of nitrogens with one attached hydrogen (secondary N) is 1. The van der Waals surface area contributed by atoms with Crippen molar-refractivity contribution in [1.82, 2.24) is 10.2 Å². The Kier molecular flexibility index (Phi) is 7.28. The summed E-state index contributed by atoms with van der Waals surface area (Å²) in [5.41, 5.74) is 0.362. The molecule has 0 aromatic heterocycles. The Bertz CT molecular complexity index is 800. The predicted octanol–water partition coefficient (Wildman–Crippen LogP) is 2.02. The third-order valence-corrected chi connectivity index (χ3v) is 4.44. The average molecular weight is 389 g/mol. The van der Waals surface area contributed by atoms with Crippen molar-refractivity contribution < 1.29 is 24.4 Å². The maximum atomic E-state index is 12.8. The van der Waals surface area contributed by atoms with Crippen LogP contribution in [0.5, 0.6) is 0 Å². The van der Waals surface area contributed by atoms with Crippen LogP contribution < -0.4 is 5.32 Å². The SMILES string of the molecule is COCCCCN(C)C(=O)C1=C(C(=O)O)C(c2ccc([N+](=O)[O-])cc2)C=CN1. The number of unbranched alkanes of at least 4 members (excludes halogenated alkanes) is 1. The summed E-state index contributed by atoms with van der Waals surface area (Å²) in [6.07, 6.45) is 4.65. The van der Waals surface area contributed by atoms with E-state index in [1.807, 2.05) is 0 Å². The quantitative estimate of drug-likeness (QED) is 0.376. The standard InChI is InChI=1S/C19H23N3O6/c1-21(11-3-4-12-28-2)18(23)17-16(19(24)25)15(9-10-20-17)13-5-7-14(8-6-13)22(26)27/h5-10,15,20H,3-4,11-12H2,1-2H3,(H,24,25). The van der Waals surface area contributed by atoms with E-state index in [4.69, 9.17) is 4.74 Å². The molecule has 0 radical (unpaired) electrons. The van der Waals surface area contributed by atoms with Crippen LogP contribution in [0.25, 0.3) is 0 Å². The molecule has 0 aliphatic carbocycles. The minimum atomic E-state index is -1.23. The van der Waals surface area contributed by atoms with Crippen LogP contribution >= 0.6 is 0 Å². The zero-order chi connectivity index (χ0) is 20.7. The molecule has 0 saturated heterocycles. The van der Waals surface area contributed by atoms with Crippen molar-refractivity contribution in [1.29, 1.82) is 0 Å². The zero-order valence-corrected chi connectivity index (χ0v) is 15.8. The van der Waals surface area contributed by atoms with Crippen LogP contribution in [-0.4, -0.2) is 54.1 Å². The van der Waals surface area contributed by atoms with Gasteiger partial charge in [0.25, 0.3) is 11.6 Å². The monoisotopic (exact) mass is 389 g/mol. The van der Waals surface area contributed by atoms with Gasteiger partial charge in [0, 0.05) is 45.4 Å². The van der Waals surface area contributed by atoms with Gasteiger partial charge in [-0.1, -0.05) is 18.2 Å². The minimum absolute atomic E-state index is 0.00686. The summed E-state index contributed by atoms with van der Waals surface area (Å²) in [6.45, 7) is 1.06. The highest BCUT2D eigenvalue weighted by atomic mass is 16.6. The number of methoxy groups -OCH3 is 1. The molecule has 1 unspecified atom stereocenters. The van der Waals surface area contributed by atoms with Crippen LogP contribution in [0.2, 0.25) is 0 Å². The molecule has 2 N–H and O–H groups in total. The fraction of sp³-hybridized carbons (Fsp3) is 0.368. The number of amides is 1. The summed E-state index contributed by atoms with van der Waals surface area (Å²) in [5, 5.41) is 23.3. The predicted molar refractivity (Wildman–Crippen MR) is 102 cm³/mol. The molecule has 150 valence electrons. The molecule has 1 aliphatic rings. The molecule has 1 heterocycles. The molecule has 0 spiro atoms. The lowest BCUT2D eigenvalue weighted by Crippen LogP contribution is -2.37. The molecule has 1 aromatic carbocycles. The first-order chi connectivity index (χ1) is 13.4. The normalized spacial score (nSPS) is 15.9. The van der Waals surface area contributed by atoms with Gasteiger partial charge in [0.05, 0.1) is 10.5 Å². The number of nitrogens with zero attached hydrogens (tertiary/aromatic N) is 2. The molecule has 2 rings (SSSR count). The molecule has 1 amide bonds. The largest absolute Gasteiger partial charge is 0.478 e. The molecular formula is C19H23N3O6. The number of allylic oxidation sites excluding steroid dienone is 1. The lowest BCUT2D eigenvalue weighted by Gasteiger charge is -2.26. The second kappa shape index (κ2) is 9.65. The van der Waals surface area contributed by atoms with Gasteiger partial charge in [-0.05, 0) is 24.6 Å². The smallest absolute Gasteiger partial charge is 0.334 e. The third-order valence-electron chi connectivity index (χ3n) is 4.44. The third kappa shape index (κ3) is 4.95. The Labute approximate surface area is 162 Å². The molecule has 9 nitrogen and oxygen atoms in total. The van der Waals surface area contributed by atoms with Gasteiger partial charge in [0.2, 0.25) is 0 Å². The molecule has 0 bridgehead atoms. The Morgan fingerprint density at radius 1 is 1.29 bits per heavy atom. The van der Waals surface area contributed by atoms with Crippen molar-refractivity contribution in [2.24, 2.45) is 0 Å². The van der Waals surface area contributed by atoms with Gasteiger partial charge in [0.15, 0.2) is 0 Å². The van der Waals surface area contributed by atoms with Gasteiger partial charge in [0.1, 0.15) is 5.70 Å². The topological polar surface area (TPSA) is 122 Å². The lowest BCUT2D eigenvalue weighted by molar-refractivity contribution is -0.384. The van der Waals surface area contributed by atoms with Crippen molar-refractivity contribution in [3.05, 3.63) is 63.5 Å². The summed E-state index contributed by atoms with van der Waals surface area (Å²) in [7, 11) is 3.22. The maximum absolute atomic E-state index is 12.8. The number of carbonyl (C=O) groups is 2. The number of rotatable bonds is 9. The van der Waals surface area contributed by atoms with E-state index in [1.165, 1.54) is 35.4 Å². The number of dihydropyridines is 1. The van der Waals surface area contributed by atoms with Crippen molar-refractivity contribution in [3.63, 3.8) is 0 Å². The number of carboxylic acids is 1. The number of ether oxygens (including phenoxy) is 1. The first-order valence-electron chi connectivity index (χ1n) is 8.76. The van der Waals surface area contributed by atoms with E-state index in [2.05, 4.69) is 5.32 Å². The first kappa shape index (κ1) is 21.1. The average Bonchev–Trinajstić information content (AvgIpc) is 2.69. The second-order valence-corrected chi connectivity index (χ2v) is 6.35. The van der Waals surface area contributed by atoms with Gasteiger partial charge >= 0.3 is 5.97 Å². The number of nitro benzene ring substituents is 1. The van der Waals surface area contributed by atoms with Gasteiger partial charge in [-0.15, -0.1) is 0 Å². The number of hydrogen-bond donors (Lipinski definition) is 2. The first-order valence-corrected chi connectivity index (χ1v) is 8.76. The molecule has 9 heteroatoms. The van der Waals surface area contributed by atoms with Gasteiger partial charge in [-0.2, -0.15) is 0 Å². The number of carbonyl (C=O) groups excluding carboxylic acids is 1. The van der Waals surface area contributed by atoms with E-state index in [0.717, 1.165) is 12.8 Å². The van der Waals surface area contributed by atoms with E-state index >= 15 is 0 Å². The highest BCUT2D eigenvalue weighted by Crippen LogP contribution is 2.32. The summed E-state index contributed by atoms with van der Waals surface area (Å²) in [4.78, 5) is 36.5. The van der Waals surface area contributed by atoms with E-state index in [9.17, 15) is 24.8 Å². The van der Waals surface area contributed by atoms with Crippen LogP contribution in [0.4, 0.5) is 5.69 Å². The van der Waals surface area contributed by atoms with Crippen LogP contribution in [0.15, 0.2) is 47.8 Å². The van der Waals surface area contributed by atoms with E-state index in [0.29, 0.717) is 18.7 Å². The minimum Gasteiger partial charge on any atom is -0.478 e. The summed E-state index contributed by atoms with van der Waals surface area (Å²) < 4.78 is 4.98. The molecule has 28 heavy (non-hydrogen) atoms. The lowest BCUT2D eigenvalue weighted by atomic mass is 9.87. The van der Waals surface area contributed by atoms with Crippen LogP contribution in [0.1, 0.15) is 24.3 Å². The summed E-state index contributed by atoms with van der Waals surface area (Å²) in [6, 6.07) is 5.62. The van der Waals surface area contributed by atoms with Gasteiger partial charge in [-0.3, -0.25) is 14.9 Å². The van der Waals surface area contributed by atoms with E-state index in [1.54, 1.807) is 20.2 Å². The number of non-ortho nitro benzene ring substituents is 1. The van der Waals surface area contributed by atoms with Crippen molar-refractivity contribution in [2.45, 2.75) is 18.8 Å². The van der Waals surface area contributed by atoms with Crippen LogP contribution in [0, 0.1) is 10.1 Å². The summed E-state index contributed by atoms with van der Waals surface area (Å²) >= 11 is 0. The van der Waals surface area contributed by atoms with Crippen LogP contribution in [-0.2, 0) is 14.3 Å².